The highest BCUT2D eigenvalue weighted by molar-refractivity contribution is 7.17. The van der Waals surface area contributed by atoms with Crippen molar-refractivity contribution in [3.05, 3.63) is 10.6 Å². The van der Waals surface area contributed by atoms with Crippen molar-refractivity contribution in [2.24, 2.45) is 0 Å². The van der Waals surface area contributed by atoms with Crippen LogP contribution in [-0.4, -0.2) is 49.5 Å². The number of piperidine rings is 1. The van der Waals surface area contributed by atoms with E-state index in [1.165, 1.54) is 18.4 Å². The van der Waals surface area contributed by atoms with Gasteiger partial charge in [0, 0.05) is 27.3 Å². The molecule has 1 N–H and O–H groups in total. The van der Waals surface area contributed by atoms with E-state index in [1.54, 1.807) is 7.11 Å². The Hall–Kier alpha value is -1.18. The summed E-state index contributed by atoms with van der Waals surface area (Å²) >= 11 is 1.22. The average Bonchev–Trinajstić information content (AvgIpc) is 2.83. The normalized spacial score (nSPS) is 16.8. The highest BCUT2D eigenvalue weighted by atomic mass is 32.1. The minimum absolute atomic E-state index is 0.229. The number of thiazole rings is 1. The molecular weight excluding hydrogens is 268 g/mol. The lowest BCUT2D eigenvalue weighted by Gasteiger charge is -2.30. The molecule has 7 heteroatoms. The molecule has 1 aromatic rings. The molecule has 1 aliphatic heterocycles. The van der Waals surface area contributed by atoms with E-state index >= 15 is 0 Å². The van der Waals surface area contributed by atoms with Gasteiger partial charge in [-0.15, -0.1) is 0 Å². The van der Waals surface area contributed by atoms with E-state index in [0.29, 0.717) is 11.8 Å². The largest absolute Gasteiger partial charge is 0.477 e. The number of ether oxygens (including phenoxy) is 2. The lowest BCUT2D eigenvalue weighted by atomic mass is 10.1. The van der Waals surface area contributed by atoms with Crippen molar-refractivity contribution < 1.29 is 19.4 Å². The van der Waals surface area contributed by atoms with E-state index in [0.717, 1.165) is 31.1 Å². The first-order valence-corrected chi connectivity index (χ1v) is 6.97. The number of carboxylic acids is 1. The first-order chi connectivity index (χ1) is 9.15. The van der Waals surface area contributed by atoms with E-state index < -0.39 is 5.97 Å². The third kappa shape index (κ3) is 3.23. The van der Waals surface area contributed by atoms with Gasteiger partial charge in [0.15, 0.2) is 5.13 Å². The SMILES string of the molecule is COCc1nc(N2CCC(OC)CC2)sc1C(=O)O. The summed E-state index contributed by atoms with van der Waals surface area (Å²) in [5, 5.41) is 9.92. The molecule has 1 aromatic heterocycles. The molecule has 1 aliphatic rings. The number of carbonyl (C=O) groups is 1. The predicted octanol–water partition coefficient (Wildman–Crippen LogP) is 1.60. The van der Waals surface area contributed by atoms with Crippen LogP contribution in [0.4, 0.5) is 5.13 Å². The highest BCUT2D eigenvalue weighted by Crippen LogP contribution is 2.29. The Bertz CT molecular complexity index is 441. The van der Waals surface area contributed by atoms with E-state index in [1.807, 2.05) is 0 Å². The third-order valence-corrected chi connectivity index (χ3v) is 4.35. The van der Waals surface area contributed by atoms with Crippen LogP contribution in [0.1, 0.15) is 28.2 Å². The van der Waals surface area contributed by atoms with Gasteiger partial charge in [-0.25, -0.2) is 9.78 Å². The second kappa shape index (κ2) is 6.31. The van der Waals surface area contributed by atoms with Crippen molar-refractivity contribution in [3.63, 3.8) is 0 Å². The summed E-state index contributed by atoms with van der Waals surface area (Å²) in [6, 6.07) is 0. The summed E-state index contributed by atoms with van der Waals surface area (Å²) in [5.41, 5.74) is 0.504. The summed E-state index contributed by atoms with van der Waals surface area (Å²) in [7, 11) is 3.26. The Labute approximate surface area is 116 Å². The van der Waals surface area contributed by atoms with E-state index in [-0.39, 0.29) is 11.5 Å². The number of aromatic nitrogens is 1. The Balaban J connectivity index is 2.12. The van der Waals surface area contributed by atoms with Crippen molar-refractivity contribution in [1.82, 2.24) is 4.98 Å². The number of methoxy groups -OCH3 is 2. The summed E-state index contributed by atoms with van der Waals surface area (Å²) < 4.78 is 10.3. The van der Waals surface area contributed by atoms with Crippen LogP contribution in [0.15, 0.2) is 0 Å². The van der Waals surface area contributed by atoms with Gasteiger partial charge in [0.05, 0.1) is 18.4 Å². The van der Waals surface area contributed by atoms with Gasteiger partial charge in [-0.05, 0) is 12.8 Å². The molecule has 1 fully saturated rings. The summed E-state index contributed by atoms with van der Waals surface area (Å²) in [4.78, 5) is 17.9. The monoisotopic (exact) mass is 286 g/mol. The van der Waals surface area contributed by atoms with Gasteiger partial charge in [0.25, 0.3) is 0 Å². The average molecular weight is 286 g/mol. The van der Waals surface area contributed by atoms with Gasteiger partial charge in [-0.2, -0.15) is 0 Å². The summed E-state index contributed by atoms with van der Waals surface area (Å²) in [6.07, 6.45) is 2.18. The van der Waals surface area contributed by atoms with E-state index in [4.69, 9.17) is 14.6 Å². The van der Waals surface area contributed by atoms with Gasteiger partial charge in [-0.1, -0.05) is 11.3 Å². The van der Waals surface area contributed by atoms with Gasteiger partial charge in [0.2, 0.25) is 0 Å². The smallest absolute Gasteiger partial charge is 0.347 e. The molecule has 0 saturated carbocycles. The zero-order valence-corrected chi connectivity index (χ0v) is 11.9. The van der Waals surface area contributed by atoms with Crippen LogP contribution in [0, 0.1) is 0 Å². The van der Waals surface area contributed by atoms with Gasteiger partial charge in [0.1, 0.15) is 4.88 Å². The molecule has 0 spiro atoms. The standard InChI is InChI=1S/C12H18N2O4S/c1-17-7-9-10(11(15)16)19-12(13-9)14-5-3-8(18-2)4-6-14/h8H,3-7H2,1-2H3,(H,15,16). The van der Waals surface area contributed by atoms with E-state index in [9.17, 15) is 4.79 Å². The van der Waals surface area contributed by atoms with Crippen LogP contribution in [0.25, 0.3) is 0 Å². The number of carboxylic acid groups (broad SMARTS) is 1. The molecule has 0 radical (unpaired) electrons. The predicted molar refractivity (Wildman–Crippen MR) is 72.0 cm³/mol. The fourth-order valence-electron chi connectivity index (χ4n) is 2.16. The van der Waals surface area contributed by atoms with Crippen molar-refractivity contribution >= 4 is 22.4 Å². The lowest BCUT2D eigenvalue weighted by Crippen LogP contribution is -2.36. The van der Waals surface area contributed by atoms with Crippen LogP contribution in [-0.2, 0) is 16.1 Å². The molecule has 2 rings (SSSR count). The molecule has 0 atom stereocenters. The molecule has 0 aromatic carbocycles. The summed E-state index contributed by atoms with van der Waals surface area (Å²) in [5.74, 6) is -0.942. The quantitative estimate of drug-likeness (QED) is 0.886. The molecule has 19 heavy (non-hydrogen) atoms. The highest BCUT2D eigenvalue weighted by Gasteiger charge is 2.24. The van der Waals surface area contributed by atoms with E-state index in [2.05, 4.69) is 9.88 Å². The fraction of sp³-hybridized carbons (Fsp3) is 0.667. The summed E-state index contributed by atoms with van der Waals surface area (Å²) in [6.45, 7) is 1.92. The Morgan fingerprint density at radius 1 is 1.47 bits per heavy atom. The maximum absolute atomic E-state index is 11.2. The number of anilines is 1. The lowest BCUT2D eigenvalue weighted by molar-refractivity contribution is 0.0697. The van der Waals surface area contributed by atoms with Crippen molar-refractivity contribution in [1.29, 1.82) is 0 Å². The molecule has 0 aliphatic carbocycles. The Morgan fingerprint density at radius 2 is 2.16 bits per heavy atom. The maximum Gasteiger partial charge on any atom is 0.347 e. The number of rotatable bonds is 5. The molecular formula is C12H18N2O4S. The number of nitrogens with zero attached hydrogens (tertiary/aromatic N) is 2. The molecule has 2 heterocycles. The zero-order chi connectivity index (χ0) is 13.8. The van der Waals surface area contributed by atoms with Gasteiger partial charge in [-0.3, -0.25) is 0 Å². The molecule has 106 valence electrons. The second-order valence-corrected chi connectivity index (χ2v) is 5.41. The zero-order valence-electron chi connectivity index (χ0n) is 11.1. The topological polar surface area (TPSA) is 71.9 Å². The Morgan fingerprint density at radius 3 is 2.68 bits per heavy atom. The number of hydrogen-bond donors (Lipinski definition) is 1. The second-order valence-electron chi connectivity index (χ2n) is 4.43. The number of hydrogen-bond acceptors (Lipinski definition) is 6. The molecule has 0 unspecified atom stereocenters. The van der Waals surface area contributed by atoms with Crippen LogP contribution < -0.4 is 4.90 Å². The van der Waals surface area contributed by atoms with Crippen molar-refractivity contribution in [2.45, 2.75) is 25.6 Å². The van der Waals surface area contributed by atoms with Crippen LogP contribution in [0.5, 0.6) is 0 Å². The van der Waals surface area contributed by atoms with Crippen LogP contribution >= 0.6 is 11.3 Å². The van der Waals surface area contributed by atoms with Crippen LogP contribution in [0.3, 0.4) is 0 Å². The van der Waals surface area contributed by atoms with Crippen molar-refractivity contribution in [3.8, 4) is 0 Å². The minimum Gasteiger partial charge on any atom is -0.477 e. The number of aromatic carboxylic acids is 1. The first-order valence-electron chi connectivity index (χ1n) is 6.15. The Kier molecular flexibility index (Phi) is 4.73. The molecule has 0 amide bonds. The molecule has 1 saturated heterocycles. The maximum atomic E-state index is 11.2. The first kappa shape index (κ1) is 14.2. The third-order valence-electron chi connectivity index (χ3n) is 3.21. The molecule has 0 bridgehead atoms. The van der Waals surface area contributed by atoms with Gasteiger partial charge < -0.3 is 19.5 Å². The fourth-order valence-corrected chi connectivity index (χ4v) is 3.12. The molecule has 6 nitrogen and oxygen atoms in total. The van der Waals surface area contributed by atoms with Crippen LogP contribution in [0.2, 0.25) is 0 Å². The van der Waals surface area contributed by atoms with Crippen molar-refractivity contribution in [2.75, 3.05) is 32.2 Å². The minimum atomic E-state index is -0.942. The van der Waals surface area contributed by atoms with Gasteiger partial charge >= 0.3 is 5.97 Å².